The fraction of sp³-hybridized carbons (Fsp3) is 0.333. The van der Waals surface area contributed by atoms with Crippen molar-refractivity contribution in [3.8, 4) is 10.4 Å². The molecule has 0 N–H and O–H groups in total. The van der Waals surface area contributed by atoms with E-state index in [-0.39, 0.29) is 23.4 Å². The molecule has 0 saturated carbocycles. The van der Waals surface area contributed by atoms with Gasteiger partial charge in [-0.3, -0.25) is 9.20 Å². The summed E-state index contributed by atoms with van der Waals surface area (Å²) in [7, 11) is 0. The van der Waals surface area contributed by atoms with Gasteiger partial charge in [0.15, 0.2) is 5.65 Å². The number of thiazole rings is 1. The Morgan fingerprint density at radius 1 is 1.17 bits per heavy atom. The van der Waals surface area contributed by atoms with E-state index in [2.05, 4.69) is 15.0 Å². The zero-order valence-corrected chi connectivity index (χ0v) is 19.5. The van der Waals surface area contributed by atoms with E-state index in [1.807, 2.05) is 6.92 Å². The molecule has 1 saturated heterocycles. The van der Waals surface area contributed by atoms with E-state index in [9.17, 15) is 22.4 Å². The van der Waals surface area contributed by atoms with Gasteiger partial charge in [0.1, 0.15) is 23.4 Å². The summed E-state index contributed by atoms with van der Waals surface area (Å²) in [5, 5.41) is 0.716. The minimum atomic E-state index is -4.57. The van der Waals surface area contributed by atoms with Crippen molar-refractivity contribution in [3.63, 3.8) is 0 Å². The lowest BCUT2D eigenvalue weighted by Gasteiger charge is -2.35. The van der Waals surface area contributed by atoms with Crippen molar-refractivity contribution in [2.75, 3.05) is 6.54 Å². The average Bonchev–Trinajstić information content (AvgIpc) is 3.41. The maximum Gasteiger partial charge on any atom is 0.421 e. The first-order chi connectivity index (χ1) is 16.7. The number of imidazole rings is 1. The van der Waals surface area contributed by atoms with Crippen molar-refractivity contribution in [3.05, 3.63) is 70.8 Å². The molecular formula is C24H21F4N5OS. The highest BCUT2D eigenvalue weighted by Crippen LogP contribution is 2.34. The predicted octanol–water partition coefficient (Wildman–Crippen LogP) is 5.56. The Labute approximate surface area is 202 Å². The maximum atomic E-state index is 13.6. The van der Waals surface area contributed by atoms with Gasteiger partial charge < -0.3 is 4.90 Å². The molecule has 1 fully saturated rings. The van der Waals surface area contributed by atoms with Gasteiger partial charge in [-0.2, -0.15) is 13.2 Å². The molecule has 1 amide bonds. The molecule has 35 heavy (non-hydrogen) atoms. The molecule has 182 valence electrons. The lowest BCUT2D eigenvalue weighted by Crippen LogP contribution is -2.45. The fourth-order valence-electron chi connectivity index (χ4n) is 4.49. The SMILES string of the molecule is Cc1nc(C(=O)N2CCCC[C@H]2Cc2cn3cncc(C(F)(F)F)c3n2)c(-c2ccc(F)cc2)s1. The lowest BCUT2D eigenvalue weighted by molar-refractivity contribution is -0.136. The van der Waals surface area contributed by atoms with Crippen molar-refractivity contribution < 1.29 is 22.4 Å². The lowest BCUT2D eigenvalue weighted by atomic mass is 9.97. The number of rotatable bonds is 4. The van der Waals surface area contributed by atoms with Crippen LogP contribution in [0.2, 0.25) is 0 Å². The van der Waals surface area contributed by atoms with E-state index in [1.54, 1.807) is 17.0 Å². The van der Waals surface area contributed by atoms with Crippen LogP contribution in [0.1, 0.15) is 46.0 Å². The van der Waals surface area contributed by atoms with Gasteiger partial charge in [0.25, 0.3) is 5.91 Å². The summed E-state index contributed by atoms with van der Waals surface area (Å²) in [6.45, 7) is 2.33. The molecule has 0 spiro atoms. The number of likely N-dealkylation sites (tertiary alicyclic amines) is 1. The molecule has 11 heteroatoms. The summed E-state index contributed by atoms with van der Waals surface area (Å²) in [5.41, 5.74) is 0.377. The van der Waals surface area contributed by atoms with Crippen molar-refractivity contribution in [2.24, 2.45) is 0 Å². The number of hydrogen-bond donors (Lipinski definition) is 0. The number of carbonyl (C=O) groups excluding carboxylic acids is 1. The van der Waals surface area contributed by atoms with E-state index < -0.39 is 11.7 Å². The molecule has 0 bridgehead atoms. The highest BCUT2D eigenvalue weighted by molar-refractivity contribution is 7.15. The number of amides is 1. The zero-order valence-electron chi connectivity index (χ0n) is 18.7. The Morgan fingerprint density at radius 3 is 2.69 bits per heavy atom. The van der Waals surface area contributed by atoms with Crippen LogP contribution < -0.4 is 0 Å². The third kappa shape index (κ3) is 4.64. The Bertz CT molecular complexity index is 1380. The Morgan fingerprint density at radius 2 is 1.94 bits per heavy atom. The van der Waals surface area contributed by atoms with E-state index >= 15 is 0 Å². The minimum absolute atomic E-state index is 0.204. The highest BCUT2D eigenvalue weighted by Gasteiger charge is 2.35. The van der Waals surface area contributed by atoms with E-state index in [0.29, 0.717) is 46.2 Å². The van der Waals surface area contributed by atoms with Crippen molar-refractivity contribution in [1.82, 2.24) is 24.3 Å². The fourth-order valence-corrected chi connectivity index (χ4v) is 5.41. The van der Waals surface area contributed by atoms with Crippen LogP contribution in [0.15, 0.2) is 43.0 Å². The number of benzene rings is 1. The monoisotopic (exact) mass is 503 g/mol. The molecule has 3 aromatic heterocycles. The summed E-state index contributed by atoms with van der Waals surface area (Å²) in [6.07, 6.45) is 1.78. The highest BCUT2D eigenvalue weighted by atomic mass is 32.1. The second-order valence-electron chi connectivity index (χ2n) is 8.54. The number of fused-ring (bicyclic) bond motifs is 1. The van der Waals surface area contributed by atoms with Gasteiger partial charge in [0, 0.05) is 31.4 Å². The topological polar surface area (TPSA) is 63.4 Å². The number of alkyl halides is 3. The molecule has 0 aliphatic carbocycles. The summed E-state index contributed by atoms with van der Waals surface area (Å²) >= 11 is 1.37. The van der Waals surface area contributed by atoms with Crippen LogP contribution in [-0.2, 0) is 12.6 Å². The molecule has 4 aromatic rings. The molecule has 0 unspecified atom stereocenters. The van der Waals surface area contributed by atoms with Crippen LogP contribution in [0.3, 0.4) is 0 Å². The summed E-state index contributed by atoms with van der Waals surface area (Å²) in [5.74, 6) is -0.602. The van der Waals surface area contributed by atoms with Gasteiger partial charge in [-0.05, 0) is 43.9 Å². The molecule has 1 atom stereocenters. The van der Waals surface area contributed by atoms with Crippen LogP contribution in [0.5, 0.6) is 0 Å². The second-order valence-corrected chi connectivity index (χ2v) is 9.74. The molecule has 5 rings (SSSR count). The smallest absolute Gasteiger partial charge is 0.334 e. The predicted molar refractivity (Wildman–Crippen MR) is 123 cm³/mol. The largest absolute Gasteiger partial charge is 0.421 e. The molecular weight excluding hydrogens is 482 g/mol. The van der Waals surface area contributed by atoms with Crippen molar-refractivity contribution in [1.29, 1.82) is 0 Å². The molecule has 0 radical (unpaired) electrons. The number of aromatic nitrogens is 4. The van der Waals surface area contributed by atoms with Crippen molar-refractivity contribution >= 4 is 22.9 Å². The van der Waals surface area contributed by atoms with Crippen molar-refractivity contribution in [2.45, 2.75) is 44.8 Å². The maximum absolute atomic E-state index is 13.6. The van der Waals surface area contributed by atoms with E-state index in [0.717, 1.165) is 19.0 Å². The van der Waals surface area contributed by atoms with Gasteiger partial charge in [0.05, 0.1) is 15.6 Å². The first kappa shape index (κ1) is 23.4. The number of carbonyl (C=O) groups is 1. The van der Waals surface area contributed by atoms with Crippen LogP contribution in [-0.4, -0.2) is 42.7 Å². The van der Waals surface area contributed by atoms with Gasteiger partial charge in [-0.1, -0.05) is 12.1 Å². The quantitative estimate of drug-likeness (QED) is 0.342. The van der Waals surface area contributed by atoms with Crippen LogP contribution in [0, 0.1) is 12.7 Å². The first-order valence-electron chi connectivity index (χ1n) is 11.1. The summed E-state index contributed by atoms with van der Waals surface area (Å²) in [4.78, 5) is 28.5. The van der Waals surface area contributed by atoms with Gasteiger partial charge >= 0.3 is 6.18 Å². The van der Waals surface area contributed by atoms with E-state index in [4.69, 9.17) is 0 Å². The minimum Gasteiger partial charge on any atom is -0.334 e. The standard InChI is InChI=1S/C24H21F4N5OS/c1-14-30-20(21(35-14)15-5-7-16(25)8-6-15)23(34)33-9-3-2-4-18(33)10-17-12-32-13-29-11-19(22(32)31-17)24(26,27)28/h5-8,11-13,18H,2-4,9-10H2,1H3/t18-/m0/s1. The Balaban J connectivity index is 1.44. The Hall–Kier alpha value is -3.34. The third-order valence-corrected chi connectivity index (χ3v) is 7.12. The summed E-state index contributed by atoms with van der Waals surface area (Å²) < 4.78 is 54.8. The summed E-state index contributed by atoms with van der Waals surface area (Å²) in [6, 6.07) is 5.70. The first-order valence-corrected chi connectivity index (χ1v) is 12.0. The normalized spacial score (nSPS) is 16.7. The van der Waals surface area contributed by atoms with Crippen LogP contribution in [0.25, 0.3) is 16.1 Å². The zero-order chi connectivity index (χ0) is 24.7. The van der Waals surface area contributed by atoms with E-state index in [1.165, 1.54) is 40.4 Å². The molecule has 1 aliphatic heterocycles. The number of aryl methyl sites for hydroxylation is 1. The van der Waals surface area contributed by atoms with Crippen LogP contribution in [0.4, 0.5) is 17.6 Å². The second kappa shape index (κ2) is 9.03. The number of piperidine rings is 1. The third-order valence-electron chi connectivity index (χ3n) is 6.10. The average molecular weight is 504 g/mol. The van der Waals surface area contributed by atoms with Gasteiger partial charge in [0.2, 0.25) is 0 Å². The molecule has 1 aromatic carbocycles. The van der Waals surface area contributed by atoms with Gasteiger partial charge in [-0.15, -0.1) is 11.3 Å². The molecule has 1 aliphatic rings. The Kier molecular flexibility index (Phi) is 6.04. The number of halogens is 4. The molecule has 6 nitrogen and oxygen atoms in total. The van der Waals surface area contributed by atoms with Crippen LogP contribution >= 0.6 is 11.3 Å². The number of nitrogens with zero attached hydrogens (tertiary/aromatic N) is 5. The number of hydrogen-bond acceptors (Lipinski definition) is 5. The molecule has 4 heterocycles. The van der Waals surface area contributed by atoms with Gasteiger partial charge in [-0.25, -0.2) is 19.3 Å².